The molecule has 1 atom stereocenters. The van der Waals surface area contributed by atoms with Crippen LogP contribution in [0.25, 0.3) is 0 Å². The van der Waals surface area contributed by atoms with Gasteiger partial charge >= 0.3 is 0 Å². The van der Waals surface area contributed by atoms with E-state index in [2.05, 4.69) is 64.5 Å². The summed E-state index contributed by atoms with van der Waals surface area (Å²) in [5.74, 6) is 2.80. The minimum absolute atomic E-state index is 0.434. The monoisotopic (exact) mass is 363 g/mol. The normalized spacial score (nSPS) is 17.8. The van der Waals surface area contributed by atoms with Crippen molar-refractivity contribution >= 4 is 5.96 Å². The van der Waals surface area contributed by atoms with Crippen LogP contribution in [-0.2, 0) is 13.0 Å². The highest BCUT2D eigenvalue weighted by Gasteiger charge is 2.21. The van der Waals surface area contributed by atoms with Crippen molar-refractivity contribution in [2.45, 2.75) is 60.0 Å². The lowest BCUT2D eigenvalue weighted by atomic mass is 10.2. The van der Waals surface area contributed by atoms with E-state index >= 15 is 0 Å². The van der Waals surface area contributed by atoms with Crippen LogP contribution in [0.5, 0.6) is 0 Å². The van der Waals surface area contributed by atoms with Crippen molar-refractivity contribution in [2.75, 3.05) is 39.3 Å². The van der Waals surface area contributed by atoms with Gasteiger partial charge in [0.2, 0.25) is 0 Å². The summed E-state index contributed by atoms with van der Waals surface area (Å²) in [5.41, 5.74) is 0. The summed E-state index contributed by atoms with van der Waals surface area (Å²) in [6.07, 6.45) is 3.80. The number of piperazine rings is 1. The Kier molecular flexibility index (Phi) is 8.35. The molecule has 1 aliphatic heterocycles. The smallest absolute Gasteiger partial charge is 0.194 e. The molecule has 1 aliphatic rings. The molecule has 7 heteroatoms. The molecular formula is C19H37N7. The number of aliphatic imine (C=N–C) groups is 1. The highest BCUT2D eigenvalue weighted by atomic mass is 15.4. The van der Waals surface area contributed by atoms with Gasteiger partial charge in [-0.3, -0.25) is 9.89 Å². The largest absolute Gasteiger partial charge is 0.354 e. The predicted octanol–water partition coefficient (Wildman–Crippen LogP) is 1.86. The SMILES string of the molecule is CCc1nncn1CCN=C(NC(C)CC)N1CCN(CC(C)C)CC1. The molecule has 0 aromatic carbocycles. The van der Waals surface area contributed by atoms with E-state index < -0.39 is 0 Å². The summed E-state index contributed by atoms with van der Waals surface area (Å²) in [6.45, 7) is 18.2. The number of aryl methyl sites for hydroxylation is 1. The molecule has 0 bridgehead atoms. The number of nitrogens with one attached hydrogen (secondary N) is 1. The van der Waals surface area contributed by atoms with Gasteiger partial charge in [0.05, 0.1) is 6.54 Å². The minimum atomic E-state index is 0.434. The number of aromatic nitrogens is 3. The Morgan fingerprint density at radius 1 is 1.19 bits per heavy atom. The highest BCUT2D eigenvalue weighted by Crippen LogP contribution is 2.07. The maximum Gasteiger partial charge on any atom is 0.194 e. The topological polar surface area (TPSA) is 61.6 Å². The van der Waals surface area contributed by atoms with E-state index in [-0.39, 0.29) is 0 Å². The van der Waals surface area contributed by atoms with Crippen molar-refractivity contribution in [1.29, 1.82) is 0 Å². The quantitative estimate of drug-likeness (QED) is 0.564. The van der Waals surface area contributed by atoms with Crippen molar-refractivity contribution in [3.8, 4) is 0 Å². The third-order valence-electron chi connectivity index (χ3n) is 4.90. The number of rotatable bonds is 8. The fourth-order valence-corrected chi connectivity index (χ4v) is 3.22. The molecule has 26 heavy (non-hydrogen) atoms. The molecule has 0 aliphatic carbocycles. The van der Waals surface area contributed by atoms with Crippen molar-refractivity contribution in [1.82, 2.24) is 29.9 Å². The predicted molar refractivity (Wildman–Crippen MR) is 107 cm³/mol. The van der Waals surface area contributed by atoms with Gasteiger partial charge in [-0.1, -0.05) is 27.7 Å². The second-order valence-corrected chi connectivity index (χ2v) is 7.63. The van der Waals surface area contributed by atoms with Crippen LogP contribution in [0.1, 0.15) is 46.9 Å². The number of nitrogens with zero attached hydrogens (tertiary/aromatic N) is 6. The van der Waals surface area contributed by atoms with E-state index in [0.717, 1.165) is 69.8 Å². The van der Waals surface area contributed by atoms with Crippen LogP contribution in [0.4, 0.5) is 0 Å². The Morgan fingerprint density at radius 3 is 2.54 bits per heavy atom. The number of guanidine groups is 1. The first-order valence-electron chi connectivity index (χ1n) is 10.2. The van der Waals surface area contributed by atoms with Crippen LogP contribution >= 0.6 is 0 Å². The van der Waals surface area contributed by atoms with Gasteiger partial charge < -0.3 is 14.8 Å². The molecule has 1 aromatic rings. The van der Waals surface area contributed by atoms with Gasteiger partial charge in [-0.15, -0.1) is 10.2 Å². The van der Waals surface area contributed by atoms with Crippen LogP contribution in [0.2, 0.25) is 0 Å². The summed E-state index contributed by atoms with van der Waals surface area (Å²) in [5, 5.41) is 11.8. The van der Waals surface area contributed by atoms with Gasteiger partial charge in [0.25, 0.3) is 0 Å². The van der Waals surface area contributed by atoms with Crippen LogP contribution < -0.4 is 5.32 Å². The molecule has 2 heterocycles. The zero-order valence-corrected chi connectivity index (χ0v) is 17.3. The molecule has 0 radical (unpaired) electrons. The first-order valence-corrected chi connectivity index (χ1v) is 10.2. The van der Waals surface area contributed by atoms with Crippen molar-refractivity contribution in [2.24, 2.45) is 10.9 Å². The highest BCUT2D eigenvalue weighted by molar-refractivity contribution is 5.80. The van der Waals surface area contributed by atoms with Gasteiger partial charge in [-0.2, -0.15) is 0 Å². The van der Waals surface area contributed by atoms with Crippen molar-refractivity contribution in [3.05, 3.63) is 12.2 Å². The summed E-state index contributed by atoms with van der Waals surface area (Å²) >= 11 is 0. The van der Waals surface area contributed by atoms with Crippen molar-refractivity contribution < 1.29 is 0 Å². The van der Waals surface area contributed by atoms with Gasteiger partial charge in [0, 0.05) is 51.7 Å². The fraction of sp³-hybridized carbons (Fsp3) is 0.842. The van der Waals surface area contributed by atoms with Gasteiger partial charge in [-0.25, -0.2) is 0 Å². The van der Waals surface area contributed by atoms with Gasteiger partial charge in [0.1, 0.15) is 12.2 Å². The molecule has 2 rings (SSSR count). The molecule has 1 fully saturated rings. The Labute approximate surface area is 158 Å². The summed E-state index contributed by atoms with van der Waals surface area (Å²) < 4.78 is 2.10. The minimum Gasteiger partial charge on any atom is -0.354 e. The zero-order valence-electron chi connectivity index (χ0n) is 17.3. The van der Waals surface area contributed by atoms with Crippen LogP contribution in [0.15, 0.2) is 11.3 Å². The Morgan fingerprint density at radius 2 is 1.92 bits per heavy atom. The molecule has 0 spiro atoms. The fourth-order valence-electron chi connectivity index (χ4n) is 3.22. The van der Waals surface area contributed by atoms with Crippen LogP contribution in [-0.4, -0.2) is 75.8 Å². The summed E-state index contributed by atoms with van der Waals surface area (Å²) in [7, 11) is 0. The number of hydrogen-bond donors (Lipinski definition) is 1. The average molecular weight is 364 g/mol. The zero-order chi connectivity index (χ0) is 18.9. The Hall–Kier alpha value is -1.63. The maximum absolute atomic E-state index is 4.91. The molecule has 0 saturated carbocycles. The second-order valence-electron chi connectivity index (χ2n) is 7.63. The van der Waals surface area contributed by atoms with Gasteiger partial charge in [0.15, 0.2) is 5.96 Å². The van der Waals surface area contributed by atoms with E-state index in [0.29, 0.717) is 6.04 Å². The molecule has 0 amide bonds. The van der Waals surface area contributed by atoms with E-state index in [4.69, 9.17) is 4.99 Å². The molecule has 1 unspecified atom stereocenters. The molecular weight excluding hydrogens is 326 g/mol. The lowest BCUT2D eigenvalue weighted by molar-refractivity contribution is 0.163. The van der Waals surface area contributed by atoms with Gasteiger partial charge in [-0.05, 0) is 19.3 Å². The summed E-state index contributed by atoms with van der Waals surface area (Å²) in [4.78, 5) is 9.88. The van der Waals surface area contributed by atoms with Crippen LogP contribution in [0.3, 0.4) is 0 Å². The lowest BCUT2D eigenvalue weighted by Crippen LogP contribution is -2.54. The summed E-state index contributed by atoms with van der Waals surface area (Å²) in [6, 6.07) is 0.434. The van der Waals surface area contributed by atoms with E-state index in [9.17, 15) is 0 Å². The van der Waals surface area contributed by atoms with E-state index in [1.807, 2.05) is 0 Å². The Balaban J connectivity index is 1.95. The number of hydrogen-bond acceptors (Lipinski definition) is 4. The third kappa shape index (κ3) is 6.27. The maximum atomic E-state index is 4.91. The molecule has 7 nitrogen and oxygen atoms in total. The van der Waals surface area contributed by atoms with Crippen LogP contribution in [0, 0.1) is 5.92 Å². The second kappa shape index (κ2) is 10.5. The first kappa shape index (κ1) is 20.7. The Bertz CT molecular complexity index is 544. The molecule has 1 aromatic heterocycles. The van der Waals surface area contributed by atoms with Crippen molar-refractivity contribution in [3.63, 3.8) is 0 Å². The van der Waals surface area contributed by atoms with E-state index in [1.165, 1.54) is 6.54 Å². The molecule has 1 saturated heterocycles. The third-order valence-corrected chi connectivity index (χ3v) is 4.90. The molecule has 148 valence electrons. The standard InChI is InChI=1S/C19H37N7/c1-6-17(5)22-19(20-8-9-26-15-21-23-18(26)7-2)25-12-10-24(11-13-25)14-16(3)4/h15-17H,6-14H2,1-5H3,(H,20,22). The molecule has 1 N–H and O–H groups in total. The first-order chi connectivity index (χ1) is 12.5. The lowest BCUT2D eigenvalue weighted by Gasteiger charge is -2.38. The van der Waals surface area contributed by atoms with E-state index in [1.54, 1.807) is 6.33 Å². The average Bonchev–Trinajstić information content (AvgIpc) is 3.08.